The molecule has 4 unspecified atom stereocenters. The van der Waals surface area contributed by atoms with Gasteiger partial charge in [-0.2, -0.15) is 0 Å². The number of rotatable bonds is 6. The van der Waals surface area contributed by atoms with Gasteiger partial charge in [-0.15, -0.1) is 0 Å². The van der Waals surface area contributed by atoms with Crippen LogP contribution in [-0.2, 0) is 4.74 Å². The van der Waals surface area contributed by atoms with Crippen molar-refractivity contribution in [2.24, 2.45) is 11.8 Å². The molecule has 0 fully saturated rings. The Labute approximate surface area is 299 Å². The van der Waals surface area contributed by atoms with Gasteiger partial charge < -0.3 is 14.1 Å². The molecule has 0 bridgehead atoms. The smallest absolute Gasteiger partial charge is 0.139 e. The number of fused-ring (bicyclic) bond motifs is 5. The molecule has 0 N–H and O–H groups in total. The van der Waals surface area contributed by atoms with Gasteiger partial charge in [0.1, 0.15) is 23.0 Å². The molecule has 5 aliphatic rings. The number of nitrogens with zero attached hydrogens (tertiary/aromatic N) is 1. The van der Waals surface area contributed by atoms with Crippen molar-refractivity contribution < 1.29 is 9.15 Å². The van der Waals surface area contributed by atoms with Crippen molar-refractivity contribution in [2.45, 2.75) is 50.5 Å². The summed E-state index contributed by atoms with van der Waals surface area (Å²) in [4.78, 5) is 2.44. The van der Waals surface area contributed by atoms with Crippen LogP contribution in [0.5, 0.6) is 0 Å². The minimum Gasteiger partial charge on any atom is -0.489 e. The van der Waals surface area contributed by atoms with E-state index >= 15 is 0 Å². The first-order valence-electron chi connectivity index (χ1n) is 18.7. The van der Waals surface area contributed by atoms with E-state index < -0.39 is 0 Å². The number of furan rings is 1. The lowest BCUT2D eigenvalue weighted by Gasteiger charge is -2.32. The third-order valence-corrected chi connectivity index (χ3v) is 11.5. The van der Waals surface area contributed by atoms with Crippen LogP contribution in [0, 0.1) is 11.8 Å². The first-order valence-corrected chi connectivity index (χ1v) is 18.7. The fourth-order valence-corrected chi connectivity index (χ4v) is 8.96. The second-order valence-electron chi connectivity index (χ2n) is 14.5. The normalized spacial score (nSPS) is 23.8. The van der Waals surface area contributed by atoms with Gasteiger partial charge in [0.2, 0.25) is 0 Å². The Hall–Kier alpha value is -5.54. The maximum absolute atomic E-state index is 6.69. The average molecular weight is 664 g/mol. The van der Waals surface area contributed by atoms with E-state index in [9.17, 15) is 0 Å². The Balaban J connectivity index is 0.972. The van der Waals surface area contributed by atoms with E-state index in [2.05, 4.69) is 151 Å². The van der Waals surface area contributed by atoms with Crippen LogP contribution < -0.4 is 4.90 Å². The average Bonchev–Trinajstić information content (AvgIpc) is 3.78. The molecule has 3 nitrogen and oxygen atoms in total. The van der Waals surface area contributed by atoms with Crippen LogP contribution in [0.4, 0.5) is 5.69 Å². The lowest BCUT2D eigenvalue weighted by molar-refractivity contribution is 0.116. The summed E-state index contributed by atoms with van der Waals surface area (Å²) >= 11 is 0. The Kier molecular flexibility index (Phi) is 7.52. The largest absolute Gasteiger partial charge is 0.489 e. The summed E-state index contributed by atoms with van der Waals surface area (Å²) in [6.07, 6.45) is 28.1. The van der Waals surface area contributed by atoms with Gasteiger partial charge in [0.15, 0.2) is 0 Å². The molecule has 1 aliphatic heterocycles. The Bertz CT molecular complexity index is 2380. The minimum atomic E-state index is 0.237. The molecule has 4 aromatic carbocycles. The quantitative estimate of drug-likeness (QED) is 0.169. The summed E-state index contributed by atoms with van der Waals surface area (Å²) in [6.45, 7) is 0. The van der Waals surface area contributed by atoms with Gasteiger partial charge in [-0.25, -0.2) is 0 Å². The van der Waals surface area contributed by atoms with Crippen LogP contribution in [-0.4, -0.2) is 6.10 Å². The molecule has 0 radical (unpaired) electrons. The van der Waals surface area contributed by atoms with Gasteiger partial charge in [-0.05, 0) is 91.1 Å². The van der Waals surface area contributed by atoms with Crippen molar-refractivity contribution in [2.75, 3.05) is 4.90 Å². The maximum atomic E-state index is 6.69. The van der Waals surface area contributed by atoms with Gasteiger partial charge in [0, 0.05) is 51.2 Å². The number of hydrogen-bond donors (Lipinski definition) is 0. The standard InChI is InChI=1S/C48H41NO2/c1-2-11-32(12-3-1)35-13-8-14-38(31-35)49(36-27-23-33(24-28-36)39-17-9-19-43-41-15-4-6-21-45(41)50-47(39)43)37-29-25-34(26-30-37)40-18-10-20-44-42-16-5-7-22-46(42)51-48(40)44/h1-6,8-9,11-19,21,23,25,27-31,33-34,42,46H,7,10,20,22,24,26H2. The van der Waals surface area contributed by atoms with Crippen LogP contribution in [0.1, 0.15) is 50.0 Å². The molecule has 4 atom stereocenters. The van der Waals surface area contributed by atoms with Crippen molar-refractivity contribution >= 4 is 27.6 Å². The predicted octanol–water partition coefficient (Wildman–Crippen LogP) is 12.5. The van der Waals surface area contributed by atoms with Crippen LogP contribution >= 0.6 is 0 Å². The SMILES string of the molecule is C1=CC2C3=C(OC2CC1)C(C1C=CC(N(C2=CCC(c4cccc5c4oc4ccccc45)C=C2)c2cccc(-c4ccccc4)c2)=CC1)=CCC3. The van der Waals surface area contributed by atoms with Gasteiger partial charge in [-0.1, -0.05) is 121 Å². The lowest BCUT2D eigenvalue weighted by Crippen LogP contribution is -2.23. The predicted molar refractivity (Wildman–Crippen MR) is 209 cm³/mol. The van der Waals surface area contributed by atoms with E-state index in [-0.39, 0.29) is 5.92 Å². The fraction of sp³-hybridized carbons (Fsp3) is 0.208. The first-order chi connectivity index (χ1) is 25.3. The molecule has 2 heterocycles. The maximum Gasteiger partial charge on any atom is 0.139 e. The third kappa shape index (κ3) is 5.34. The monoisotopic (exact) mass is 663 g/mol. The molecule has 0 saturated heterocycles. The summed E-state index contributed by atoms with van der Waals surface area (Å²) in [5.74, 6) is 2.23. The molecule has 0 spiro atoms. The van der Waals surface area contributed by atoms with Crippen molar-refractivity contribution in [3.63, 3.8) is 0 Å². The van der Waals surface area contributed by atoms with E-state index in [1.807, 2.05) is 6.07 Å². The summed E-state index contributed by atoms with van der Waals surface area (Å²) in [5, 5.41) is 2.36. The number of hydrogen-bond acceptors (Lipinski definition) is 3. The van der Waals surface area contributed by atoms with E-state index in [1.54, 1.807) is 0 Å². The number of ether oxygens (including phenoxy) is 1. The summed E-state index contributed by atoms with van der Waals surface area (Å²) in [7, 11) is 0. The summed E-state index contributed by atoms with van der Waals surface area (Å²) in [5.41, 5.74) is 12.1. The van der Waals surface area contributed by atoms with Gasteiger partial charge in [0.05, 0.1) is 0 Å². The lowest BCUT2D eigenvalue weighted by atomic mass is 9.80. The highest BCUT2D eigenvalue weighted by Crippen LogP contribution is 2.47. The second-order valence-corrected chi connectivity index (χ2v) is 14.5. The Morgan fingerprint density at radius 1 is 0.647 bits per heavy atom. The van der Waals surface area contributed by atoms with Crippen LogP contribution in [0.25, 0.3) is 33.1 Å². The molecule has 0 amide bonds. The second kappa shape index (κ2) is 12.7. The van der Waals surface area contributed by atoms with Crippen LogP contribution in [0.15, 0.2) is 184 Å². The van der Waals surface area contributed by atoms with Gasteiger partial charge in [-0.3, -0.25) is 0 Å². The molecule has 51 heavy (non-hydrogen) atoms. The Morgan fingerprint density at radius 2 is 1.41 bits per heavy atom. The van der Waals surface area contributed by atoms with E-state index in [0.29, 0.717) is 17.9 Å². The molecule has 0 saturated carbocycles. The van der Waals surface area contributed by atoms with E-state index in [4.69, 9.17) is 9.15 Å². The fourth-order valence-electron chi connectivity index (χ4n) is 8.96. The van der Waals surface area contributed by atoms with E-state index in [1.165, 1.54) is 55.8 Å². The first kappa shape index (κ1) is 30.3. The van der Waals surface area contributed by atoms with Crippen molar-refractivity contribution in [3.05, 3.63) is 186 Å². The molecule has 5 aromatic rings. The van der Waals surface area contributed by atoms with Gasteiger partial charge in [0.25, 0.3) is 0 Å². The number of para-hydroxylation sites is 2. The van der Waals surface area contributed by atoms with Crippen molar-refractivity contribution in [3.8, 4) is 11.1 Å². The molecule has 1 aromatic heterocycles. The summed E-state index contributed by atoms with van der Waals surface area (Å²) < 4.78 is 13.1. The third-order valence-electron chi connectivity index (χ3n) is 11.5. The minimum absolute atomic E-state index is 0.237. The van der Waals surface area contributed by atoms with E-state index in [0.717, 1.165) is 55.4 Å². The highest BCUT2D eigenvalue weighted by atomic mass is 16.5. The summed E-state index contributed by atoms with van der Waals surface area (Å²) in [6, 6.07) is 34.6. The van der Waals surface area contributed by atoms with Crippen molar-refractivity contribution in [1.29, 1.82) is 0 Å². The number of anilines is 1. The highest BCUT2D eigenvalue weighted by Gasteiger charge is 2.39. The van der Waals surface area contributed by atoms with Crippen molar-refractivity contribution in [1.82, 2.24) is 0 Å². The molecule has 3 heteroatoms. The topological polar surface area (TPSA) is 25.6 Å². The zero-order chi connectivity index (χ0) is 33.7. The molecule has 10 rings (SSSR count). The molecule has 4 aliphatic carbocycles. The molecular formula is C48H41NO2. The zero-order valence-electron chi connectivity index (χ0n) is 28.7. The number of benzene rings is 4. The van der Waals surface area contributed by atoms with Gasteiger partial charge >= 0.3 is 0 Å². The highest BCUT2D eigenvalue weighted by molar-refractivity contribution is 6.06. The van der Waals surface area contributed by atoms with Crippen LogP contribution in [0.3, 0.4) is 0 Å². The Morgan fingerprint density at radius 3 is 2.25 bits per heavy atom. The molecular weight excluding hydrogens is 623 g/mol. The van der Waals surface area contributed by atoms with Crippen LogP contribution in [0.2, 0.25) is 0 Å². The number of allylic oxidation sites excluding steroid dienone is 9. The zero-order valence-corrected chi connectivity index (χ0v) is 28.7. The molecule has 250 valence electrons.